The van der Waals surface area contributed by atoms with Crippen molar-refractivity contribution in [3.05, 3.63) is 59.9 Å². The van der Waals surface area contributed by atoms with E-state index in [4.69, 9.17) is 4.42 Å². The third-order valence-electron chi connectivity index (χ3n) is 6.91. The van der Waals surface area contributed by atoms with E-state index >= 15 is 0 Å². The molecular formula is C26H26N6O4. The van der Waals surface area contributed by atoms with Crippen molar-refractivity contribution in [2.24, 2.45) is 5.92 Å². The number of rotatable bonds is 7. The number of amides is 2. The van der Waals surface area contributed by atoms with Crippen LogP contribution in [0, 0.1) is 12.8 Å². The van der Waals surface area contributed by atoms with E-state index in [1.54, 1.807) is 12.3 Å². The molecule has 3 aromatic heterocycles. The van der Waals surface area contributed by atoms with Crippen molar-refractivity contribution >= 4 is 28.4 Å². The molecule has 2 fully saturated rings. The van der Waals surface area contributed by atoms with Crippen LogP contribution in [0.4, 0.5) is 5.69 Å². The number of fused-ring (bicyclic) bond motifs is 1. The number of aryl methyl sites for hydroxylation is 2. The summed E-state index contributed by atoms with van der Waals surface area (Å²) < 4.78 is 7.36. The van der Waals surface area contributed by atoms with Gasteiger partial charge in [-0.3, -0.25) is 19.3 Å². The average molecular weight is 487 g/mol. The van der Waals surface area contributed by atoms with Crippen LogP contribution in [0.5, 0.6) is 0 Å². The van der Waals surface area contributed by atoms with Crippen LogP contribution in [0.2, 0.25) is 0 Å². The number of carbonyl (C=O) groups excluding carboxylic acids is 2. The third-order valence-corrected chi connectivity index (χ3v) is 6.91. The molecule has 3 N–H and O–H groups in total. The molecule has 6 rings (SSSR count). The van der Waals surface area contributed by atoms with Crippen LogP contribution in [0.15, 0.2) is 47.3 Å². The highest BCUT2D eigenvalue weighted by Gasteiger charge is 2.44. The second-order valence-electron chi connectivity index (χ2n) is 9.62. The van der Waals surface area contributed by atoms with Crippen LogP contribution in [-0.4, -0.2) is 43.2 Å². The molecule has 2 aliphatic rings. The van der Waals surface area contributed by atoms with Gasteiger partial charge in [0.05, 0.1) is 11.1 Å². The number of hydrogen-bond donors (Lipinski definition) is 3. The standard InChI is InChI=1S/C26H26N6O4/c1-15-10-17(3-7-27-15)25-30-22(14-36-25)24(34)29-21-11-18-13-32(9-4-16-2-8-28-23(16)33)31-20(18)12-19(21)26(35)5-6-26/h3,7,10-14,16,35H,2,4-6,8-9H2,1H3,(H,28,33)(H,29,34). The fourth-order valence-corrected chi connectivity index (χ4v) is 4.70. The van der Waals surface area contributed by atoms with Gasteiger partial charge in [-0.1, -0.05) is 0 Å². The summed E-state index contributed by atoms with van der Waals surface area (Å²) in [7, 11) is 0. The number of oxazole rings is 1. The number of aromatic nitrogens is 4. The maximum absolute atomic E-state index is 13.1. The molecule has 0 radical (unpaired) electrons. The van der Waals surface area contributed by atoms with Crippen molar-refractivity contribution in [3.63, 3.8) is 0 Å². The molecule has 36 heavy (non-hydrogen) atoms. The minimum atomic E-state index is -0.980. The van der Waals surface area contributed by atoms with Gasteiger partial charge in [-0.25, -0.2) is 4.98 Å². The lowest BCUT2D eigenvalue weighted by Crippen LogP contribution is -2.20. The molecule has 184 valence electrons. The van der Waals surface area contributed by atoms with E-state index in [2.05, 4.69) is 25.7 Å². The van der Waals surface area contributed by atoms with E-state index in [1.807, 2.05) is 36.0 Å². The molecule has 10 nitrogen and oxygen atoms in total. The van der Waals surface area contributed by atoms with Crippen molar-refractivity contribution in [1.82, 2.24) is 25.1 Å². The normalized spacial score (nSPS) is 18.4. The largest absolute Gasteiger partial charge is 0.444 e. The number of hydrogen-bond acceptors (Lipinski definition) is 7. The Balaban J connectivity index is 1.25. The highest BCUT2D eigenvalue weighted by atomic mass is 16.3. The number of pyridine rings is 1. The van der Waals surface area contributed by atoms with Crippen LogP contribution in [-0.2, 0) is 16.9 Å². The molecule has 1 atom stereocenters. The summed E-state index contributed by atoms with van der Waals surface area (Å²) in [6, 6.07) is 7.27. The SMILES string of the molecule is Cc1cc(-c2nc(C(=O)Nc3cc4cn(CCC5CCNC5=O)nc4cc3C3(O)CC3)co2)ccn1. The lowest BCUT2D eigenvalue weighted by atomic mass is 10.0. The van der Waals surface area contributed by atoms with Crippen LogP contribution in [0.1, 0.15) is 47.4 Å². The van der Waals surface area contributed by atoms with E-state index in [0.29, 0.717) is 42.9 Å². The van der Waals surface area contributed by atoms with Gasteiger partial charge in [0.25, 0.3) is 5.91 Å². The Morgan fingerprint density at radius 1 is 1.33 bits per heavy atom. The van der Waals surface area contributed by atoms with E-state index in [-0.39, 0.29) is 17.5 Å². The van der Waals surface area contributed by atoms with Crippen LogP contribution >= 0.6 is 0 Å². The van der Waals surface area contributed by atoms with Crippen molar-refractivity contribution in [2.75, 3.05) is 11.9 Å². The molecule has 0 spiro atoms. The van der Waals surface area contributed by atoms with Crippen LogP contribution < -0.4 is 10.6 Å². The predicted molar refractivity (Wildman–Crippen MR) is 131 cm³/mol. The first-order valence-electron chi connectivity index (χ1n) is 12.1. The molecule has 2 amide bonds. The number of carbonyl (C=O) groups is 2. The van der Waals surface area contributed by atoms with Crippen molar-refractivity contribution in [2.45, 2.75) is 44.8 Å². The Kier molecular flexibility index (Phi) is 5.33. The van der Waals surface area contributed by atoms with Gasteiger partial charge >= 0.3 is 0 Å². The topological polar surface area (TPSA) is 135 Å². The van der Waals surface area contributed by atoms with Crippen LogP contribution in [0.25, 0.3) is 22.4 Å². The van der Waals surface area contributed by atoms with Gasteiger partial charge in [0.2, 0.25) is 11.8 Å². The zero-order chi connectivity index (χ0) is 24.9. The van der Waals surface area contributed by atoms with Gasteiger partial charge < -0.3 is 20.2 Å². The Morgan fingerprint density at radius 3 is 2.94 bits per heavy atom. The number of aliphatic hydroxyl groups is 1. The van der Waals surface area contributed by atoms with Gasteiger partial charge in [0.1, 0.15) is 6.26 Å². The summed E-state index contributed by atoms with van der Waals surface area (Å²) in [6.45, 7) is 3.21. The van der Waals surface area contributed by atoms with Gasteiger partial charge in [0.15, 0.2) is 5.69 Å². The number of benzene rings is 1. The monoisotopic (exact) mass is 486 g/mol. The summed E-state index contributed by atoms with van der Waals surface area (Å²) >= 11 is 0. The zero-order valence-electron chi connectivity index (χ0n) is 19.8. The molecule has 10 heteroatoms. The van der Waals surface area contributed by atoms with Gasteiger partial charge in [-0.2, -0.15) is 5.10 Å². The summed E-state index contributed by atoms with van der Waals surface area (Å²) in [5.74, 6) is 0.0166. The van der Waals surface area contributed by atoms with E-state index in [0.717, 1.165) is 35.1 Å². The molecule has 4 heterocycles. The first-order valence-corrected chi connectivity index (χ1v) is 12.1. The van der Waals surface area contributed by atoms with Crippen molar-refractivity contribution in [1.29, 1.82) is 0 Å². The minimum Gasteiger partial charge on any atom is -0.444 e. The Morgan fingerprint density at radius 2 is 2.19 bits per heavy atom. The Labute approximate surface area is 206 Å². The lowest BCUT2D eigenvalue weighted by molar-refractivity contribution is -0.122. The molecule has 1 aromatic carbocycles. The van der Waals surface area contributed by atoms with Crippen LogP contribution in [0.3, 0.4) is 0 Å². The quantitative estimate of drug-likeness (QED) is 0.365. The molecule has 1 saturated heterocycles. The third kappa shape index (κ3) is 4.24. The van der Waals surface area contributed by atoms with E-state index in [9.17, 15) is 14.7 Å². The van der Waals surface area contributed by atoms with E-state index in [1.165, 1.54) is 6.26 Å². The maximum atomic E-state index is 13.1. The average Bonchev–Trinajstić information content (AvgIpc) is 3.24. The molecule has 1 saturated carbocycles. The first-order chi connectivity index (χ1) is 17.4. The summed E-state index contributed by atoms with van der Waals surface area (Å²) in [5, 5.41) is 22.2. The highest BCUT2D eigenvalue weighted by molar-refractivity contribution is 6.04. The van der Waals surface area contributed by atoms with Crippen molar-refractivity contribution < 1.29 is 19.1 Å². The van der Waals surface area contributed by atoms with Gasteiger partial charge in [-0.15, -0.1) is 0 Å². The molecule has 1 unspecified atom stereocenters. The van der Waals surface area contributed by atoms with Gasteiger partial charge in [-0.05, 0) is 56.9 Å². The fraction of sp³-hybridized carbons (Fsp3) is 0.346. The molecular weight excluding hydrogens is 460 g/mol. The highest BCUT2D eigenvalue weighted by Crippen LogP contribution is 2.49. The smallest absolute Gasteiger partial charge is 0.277 e. The van der Waals surface area contributed by atoms with Gasteiger partial charge in [0, 0.05) is 59.3 Å². The number of nitrogens with one attached hydrogen (secondary N) is 2. The number of nitrogens with zero attached hydrogens (tertiary/aromatic N) is 4. The zero-order valence-corrected chi connectivity index (χ0v) is 19.8. The maximum Gasteiger partial charge on any atom is 0.277 e. The predicted octanol–water partition coefficient (Wildman–Crippen LogP) is 3.15. The summed E-state index contributed by atoms with van der Waals surface area (Å²) in [5.41, 5.74) is 2.60. The molecule has 1 aliphatic heterocycles. The molecule has 4 aromatic rings. The van der Waals surface area contributed by atoms with Crippen molar-refractivity contribution in [3.8, 4) is 11.5 Å². The Bertz CT molecular complexity index is 1480. The summed E-state index contributed by atoms with van der Waals surface area (Å²) in [6.07, 6.45) is 7.68. The first kappa shape index (κ1) is 22.4. The second kappa shape index (κ2) is 8.56. The summed E-state index contributed by atoms with van der Waals surface area (Å²) in [4.78, 5) is 33.4. The molecule has 0 bridgehead atoms. The van der Waals surface area contributed by atoms with E-state index < -0.39 is 11.5 Å². The fourth-order valence-electron chi connectivity index (χ4n) is 4.70. The molecule has 1 aliphatic carbocycles. The second-order valence-corrected chi connectivity index (χ2v) is 9.62. The Hall–Kier alpha value is -4.05. The number of anilines is 1. The lowest BCUT2D eigenvalue weighted by Gasteiger charge is -2.15. The minimum absolute atomic E-state index is 0.0123.